The summed E-state index contributed by atoms with van der Waals surface area (Å²) in [7, 11) is 0. The molecule has 0 heterocycles. The number of benzene rings is 1. The van der Waals surface area contributed by atoms with E-state index >= 15 is 0 Å². The summed E-state index contributed by atoms with van der Waals surface area (Å²) < 4.78 is 1.04. The Labute approximate surface area is 126 Å². The number of hydrogen-bond donors (Lipinski definition) is 1. The Morgan fingerprint density at radius 3 is 2.58 bits per heavy atom. The van der Waals surface area contributed by atoms with Crippen molar-refractivity contribution in [2.75, 3.05) is 6.54 Å². The van der Waals surface area contributed by atoms with Gasteiger partial charge in [-0.05, 0) is 50.9 Å². The van der Waals surface area contributed by atoms with Crippen LogP contribution in [0, 0.1) is 6.92 Å². The summed E-state index contributed by atoms with van der Waals surface area (Å²) in [6.07, 6.45) is 3.55. The molecule has 1 aromatic rings. The molecule has 2 nitrogen and oxygen atoms in total. The molecular weight excluding hydrogens is 302 g/mol. The summed E-state index contributed by atoms with van der Waals surface area (Å²) in [4.78, 5) is 2.46. The van der Waals surface area contributed by atoms with Crippen LogP contribution in [0.1, 0.15) is 51.2 Å². The molecule has 0 fully saturated rings. The van der Waals surface area contributed by atoms with E-state index < -0.39 is 0 Å². The highest BCUT2D eigenvalue weighted by Gasteiger charge is 2.15. The number of phenolic OH excluding ortho intramolecular Hbond substituents is 1. The molecule has 1 atom stereocenters. The Kier molecular flexibility index (Phi) is 6.87. The number of hydrogen-bond acceptors (Lipinski definition) is 2. The summed E-state index contributed by atoms with van der Waals surface area (Å²) in [6, 6.07) is 4.53. The molecule has 1 aromatic carbocycles. The smallest absolute Gasteiger partial charge is 0.123 e. The molecule has 0 bridgehead atoms. The van der Waals surface area contributed by atoms with Crippen molar-refractivity contribution in [2.45, 2.75) is 59.5 Å². The zero-order valence-corrected chi connectivity index (χ0v) is 14.1. The van der Waals surface area contributed by atoms with Crippen LogP contribution in [0.15, 0.2) is 16.6 Å². The quantitative estimate of drug-likeness (QED) is 0.772. The van der Waals surface area contributed by atoms with Gasteiger partial charge in [0.2, 0.25) is 0 Å². The maximum absolute atomic E-state index is 10.2. The summed E-state index contributed by atoms with van der Waals surface area (Å²) in [5.41, 5.74) is 1.95. The highest BCUT2D eigenvalue weighted by Crippen LogP contribution is 2.28. The van der Waals surface area contributed by atoms with E-state index in [1.165, 1.54) is 12.8 Å². The van der Waals surface area contributed by atoms with Gasteiger partial charge in [0.1, 0.15) is 5.75 Å². The van der Waals surface area contributed by atoms with Gasteiger partial charge >= 0.3 is 0 Å². The highest BCUT2D eigenvalue weighted by molar-refractivity contribution is 9.10. The van der Waals surface area contributed by atoms with Gasteiger partial charge < -0.3 is 5.11 Å². The summed E-state index contributed by atoms with van der Waals surface area (Å²) >= 11 is 3.51. The first kappa shape index (κ1) is 16.5. The Morgan fingerprint density at radius 1 is 1.32 bits per heavy atom. The standard InChI is InChI=1S/C16H26BrNO/c1-5-7-8-18(13(4)6-2)11-14-10-15(17)9-12(3)16(14)19/h9-10,13,19H,5-8,11H2,1-4H3. The van der Waals surface area contributed by atoms with Crippen molar-refractivity contribution in [2.24, 2.45) is 0 Å². The summed E-state index contributed by atoms with van der Waals surface area (Å²) in [6.45, 7) is 10.6. The van der Waals surface area contributed by atoms with Crippen LogP contribution < -0.4 is 0 Å². The van der Waals surface area contributed by atoms with Crippen LogP contribution in [0.3, 0.4) is 0 Å². The first-order valence-corrected chi connectivity index (χ1v) is 8.00. The molecule has 1 N–H and O–H groups in total. The number of phenols is 1. The molecule has 0 saturated carbocycles. The molecule has 19 heavy (non-hydrogen) atoms. The van der Waals surface area contributed by atoms with Gasteiger partial charge in [-0.3, -0.25) is 4.90 Å². The topological polar surface area (TPSA) is 23.5 Å². The largest absolute Gasteiger partial charge is 0.507 e. The Balaban J connectivity index is 2.89. The number of aryl methyl sites for hydroxylation is 1. The molecule has 3 heteroatoms. The van der Waals surface area contributed by atoms with Crippen molar-refractivity contribution in [3.63, 3.8) is 0 Å². The number of halogens is 1. The van der Waals surface area contributed by atoms with E-state index in [0.717, 1.165) is 35.1 Å². The van der Waals surface area contributed by atoms with Crippen molar-refractivity contribution < 1.29 is 5.11 Å². The molecule has 0 aliphatic carbocycles. The van der Waals surface area contributed by atoms with Crippen molar-refractivity contribution in [3.8, 4) is 5.75 Å². The Bertz CT molecular complexity index is 406. The van der Waals surface area contributed by atoms with Crippen LogP contribution in [-0.2, 0) is 6.54 Å². The minimum Gasteiger partial charge on any atom is -0.507 e. The lowest BCUT2D eigenvalue weighted by Crippen LogP contribution is -2.33. The fraction of sp³-hybridized carbons (Fsp3) is 0.625. The average Bonchev–Trinajstić information content (AvgIpc) is 2.38. The van der Waals surface area contributed by atoms with Gasteiger partial charge in [0.25, 0.3) is 0 Å². The van der Waals surface area contributed by atoms with E-state index in [1.54, 1.807) is 0 Å². The van der Waals surface area contributed by atoms with Crippen molar-refractivity contribution in [1.29, 1.82) is 0 Å². The van der Waals surface area contributed by atoms with Crippen molar-refractivity contribution in [1.82, 2.24) is 4.90 Å². The van der Waals surface area contributed by atoms with Crippen LogP contribution in [0.5, 0.6) is 5.75 Å². The zero-order chi connectivity index (χ0) is 14.4. The third kappa shape index (κ3) is 4.81. The van der Waals surface area contributed by atoms with E-state index in [0.29, 0.717) is 11.8 Å². The first-order valence-electron chi connectivity index (χ1n) is 7.21. The predicted octanol–water partition coefficient (Wildman–Crippen LogP) is 4.86. The fourth-order valence-corrected chi connectivity index (χ4v) is 2.84. The molecule has 108 valence electrons. The maximum atomic E-state index is 10.2. The van der Waals surface area contributed by atoms with E-state index in [9.17, 15) is 5.11 Å². The van der Waals surface area contributed by atoms with E-state index in [1.807, 2.05) is 19.1 Å². The van der Waals surface area contributed by atoms with Crippen molar-refractivity contribution in [3.05, 3.63) is 27.7 Å². The molecule has 0 saturated heterocycles. The zero-order valence-electron chi connectivity index (χ0n) is 12.5. The van der Waals surface area contributed by atoms with Crippen LogP contribution in [0.4, 0.5) is 0 Å². The number of rotatable bonds is 7. The SMILES string of the molecule is CCCCN(Cc1cc(Br)cc(C)c1O)C(C)CC. The van der Waals surface area contributed by atoms with E-state index in [2.05, 4.69) is 41.6 Å². The molecule has 1 rings (SSSR count). The summed E-state index contributed by atoms with van der Waals surface area (Å²) in [5.74, 6) is 0.438. The maximum Gasteiger partial charge on any atom is 0.123 e. The second-order valence-electron chi connectivity index (χ2n) is 5.31. The molecule has 1 unspecified atom stereocenters. The van der Waals surface area contributed by atoms with Crippen LogP contribution >= 0.6 is 15.9 Å². The van der Waals surface area contributed by atoms with Gasteiger partial charge in [-0.15, -0.1) is 0 Å². The fourth-order valence-electron chi connectivity index (χ4n) is 2.22. The molecular formula is C16H26BrNO. The van der Waals surface area contributed by atoms with Gasteiger partial charge in [0.05, 0.1) is 0 Å². The monoisotopic (exact) mass is 327 g/mol. The molecule has 0 radical (unpaired) electrons. The third-order valence-electron chi connectivity index (χ3n) is 3.73. The normalized spacial score (nSPS) is 12.9. The third-order valence-corrected chi connectivity index (χ3v) is 4.19. The van der Waals surface area contributed by atoms with Gasteiger partial charge in [-0.1, -0.05) is 36.2 Å². The highest BCUT2D eigenvalue weighted by atomic mass is 79.9. The van der Waals surface area contributed by atoms with Crippen LogP contribution in [-0.4, -0.2) is 22.6 Å². The van der Waals surface area contributed by atoms with Crippen LogP contribution in [0.2, 0.25) is 0 Å². The lowest BCUT2D eigenvalue weighted by Gasteiger charge is -2.29. The Hall–Kier alpha value is -0.540. The van der Waals surface area contributed by atoms with Gasteiger partial charge in [-0.25, -0.2) is 0 Å². The second kappa shape index (κ2) is 7.91. The molecule has 0 aliphatic rings. The molecule has 0 spiro atoms. The van der Waals surface area contributed by atoms with Gasteiger partial charge in [0, 0.05) is 22.6 Å². The van der Waals surface area contributed by atoms with Gasteiger partial charge in [0.15, 0.2) is 0 Å². The molecule has 0 amide bonds. The van der Waals surface area contributed by atoms with Gasteiger partial charge in [-0.2, -0.15) is 0 Å². The molecule has 0 aromatic heterocycles. The average molecular weight is 328 g/mol. The second-order valence-corrected chi connectivity index (χ2v) is 6.23. The number of aromatic hydroxyl groups is 1. The minimum absolute atomic E-state index is 0.438. The lowest BCUT2D eigenvalue weighted by atomic mass is 10.1. The predicted molar refractivity (Wildman–Crippen MR) is 85.6 cm³/mol. The lowest BCUT2D eigenvalue weighted by molar-refractivity contribution is 0.190. The van der Waals surface area contributed by atoms with E-state index in [-0.39, 0.29) is 0 Å². The van der Waals surface area contributed by atoms with Crippen LogP contribution in [0.25, 0.3) is 0 Å². The van der Waals surface area contributed by atoms with E-state index in [4.69, 9.17) is 0 Å². The first-order chi connectivity index (χ1) is 8.99. The number of nitrogens with zero attached hydrogens (tertiary/aromatic N) is 1. The minimum atomic E-state index is 0.438. The summed E-state index contributed by atoms with van der Waals surface area (Å²) in [5, 5.41) is 10.2. The Morgan fingerprint density at radius 2 is 2.00 bits per heavy atom. The number of unbranched alkanes of at least 4 members (excludes halogenated alkanes) is 1. The van der Waals surface area contributed by atoms with Crippen molar-refractivity contribution >= 4 is 15.9 Å². The molecule has 0 aliphatic heterocycles.